The lowest BCUT2D eigenvalue weighted by Gasteiger charge is -2.36. The van der Waals surface area contributed by atoms with Gasteiger partial charge in [0.2, 0.25) is 10.0 Å². The Morgan fingerprint density at radius 2 is 1.58 bits per heavy atom. The van der Waals surface area contributed by atoms with E-state index in [0.717, 1.165) is 16.9 Å². The molecule has 1 atom stereocenters. The molecule has 3 aromatic carbocycles. The summed E-state index contributed by atoms with van der Waals surface area (Å²) in [6.07, 6.45) is -0.238. The van der Waals surface area contributed by atoms with E-state index in [9.17, 15) is 8.42 Å². The van der Waals surface area contributed by atoms with Crippen LogP contribution in [0.25, 0.3) is 0 Å². The Hall–Kier alpha value is -2.82. The fraction of sp³-hybridized carbons (Fsp3) is 0.357. The number of hydrogen-bond acceptors (Lipinski definition) is 7. The molecule has 0 unspecified atom stereocenters. The van der Waals surface area contributed by atoms with E-state index < -0.39 is 10.0 Å². The van der Waals surface area contributed by atoms with Gasteiger partial charge >= 0.3 is 0 Å². The first-order chi connectivity index (χ1) is 18.3. The molecule has 1 saturated heterocycles. The normalized spacial score (nSPS) is 15.7. The van der Waals surface area contributed by atoms with Crippen LogP contribution in [0.15, 0.2) is 71.6 Å². The van der Waals surface area contributed by atoms with Gasteiger partial charge in [0.05, 0.1) is 38.9 Å². The lowest BCUT2D eigenvalue weighted by molar-refractivity contribution is 0.00763. The van der Waals surface area contributed by atoms with Gasteiger partial charge in [-0.05, 0) is 47.5 Å². The zero-order chi connectivity index (χ0) is 27.1. The first-order valence-corrected chi connectivity index (χ1v) is 14.1. The van der Waals surface area contributed by atoms with E-state index >= 15 is 0 Å². The van der Waals surface area contributed by atoms with Crippen molar-refractivity contribution >= 4 is 21.6 Å². The maximum Gasteiger partial charge on any atom is 0.243 e. The van der Waals surface area contributed by atoms with E-state index in [-0.39, 0.29) is 11.0 Å². The molecule has 1 aliphatic rings. The third-order valence-electron chi connectivity index (χ3n) is 6.55. The number of hydrogen-bond donors (Lipinski definition) is 0. The molecule has 0 amide bonds. The van der Waals surface area contributed by atoms with Crippen molar-refractivity contribution in [1.82, 2.24) is 9.21 Å². The van der Waals surface area contributed by atoms with Crippen LogP contribution in [-0.2, 0) is 21.4 Å². The van der Waals surface area contributed by atoms with Crippen molar-refractivity contribution in [3.63, 3.8) is 0 Å². The number of nitrogens with zero attached hydrogens (tertiary/aromatic N) is 2. The molecule has 204 valence electrons. The molecule has 0 N–H and O–H groups in total. The summed E-state index contributed by atoms with van der Waals surface area (Å²) in [6, 6.07) is 20.1. The highest BCUT2D eigenvalue weighted by atomic mass is 35.5. The Morgan fingerprint density at radius 1 is 0.842 bits per heavy atom. The highest BCUT2D eigenvalue weighted by Crippen LogP contribution is 2.31. The van der Waals surface area contributed by atoms with Gasteiger partial charge in [-0.2, -0.15) is 4.31 Å². The molecule has 0 spiro atoms. The first-order valence-electron chi connectivity index (χ1n) is 12.3. The number of methoxy groups -OCH3 is 3. The van der Waals surface area contributed by atoms with Gasteiger partial charge in [-0.15, -0.1) is 0 Å². The summed E-state index contributed by atoms with van der Waals surface area (Å²) >= 11 is 6.15. The fourth-order valence-electron chi connectivity index (χ4n) is 4.43. The van der Waals surface area contributed by atoms with Crippen LogP contribution in [0.5, 0.6) is 17.2 Å². The predicted molar refractivity (Wildman–Crippen MR) is 147 cm³/mol. The summed E-state index contributed by atoms with van der Waals surface area (Å²) in [4.78, 5) is 2.41. The topological polar surface area (TPSA) is 77.5 Å². The van der Waals surface area contributed by atoms with Crippen LogP contribution in [0, 0.1) is 0 Å². The van der Waals surface area contributed by atoms with Gasteiger partial charge < -0.3 is 18.9 Å². The Labute approximate surface area is 229 Å². The van der Waals surface area contributed by atoms with Crippen LogP contribution in [0.4, 0.5) is 0 Å². The summed E-state index contributed by atoms with van der Waals surface area (Å²) < 4.78 is 50.5. The maximum atomic E-state index is 13.3. The van der Waals surface area contributed by atoms with Crippen molar-refractivity contribution in [2.45, 2.75) is 17.6 Å². The zero-order valence-corrected chi connectivity index (χ0v) is 23.4. The van der Waals surface area contributed by atoms with Crippen molar-refractivity contribution in [1.29, 1.82) is 0 Å². The van der Waals surface area contributed by atoms with Crippen LogP contribution in [0.3, 0.4) is 0 Å². The second-order valence-corrected chi connectivity index (χ2v) is 11.3. The molecule has 0 saturated carbocycles. The van der Waals surface area contributed by atoms with E-state index in [1.807, 2.05) is 48.5 Å². The number of halogens is 1. The summed E-state index contributed by atoms with van der Waals surface area (Å²) in [6.45, 7) is 2.90. The lowest BCUT2D eigenvalue weighted by Crippen LogP contribution is -2.49. The monoisotopic (exact) mass is 560 g/mol. The average molecular weight is 561 g/mol. The molecule has 3 aromatic rings. The van der Waals surface area contributed by atoms with E-state index in [0.29, 0.717) is 55.9 Å². The maximum absolute atomic E-state index is 13.3. The van der Waals surface area contributed by atoms with Gasteiger partial charge in [-0.25, -0.2) is 8.42 Å². The summed E-state index contributed by atoms with van der Waals surface area (Å²) in [7, 11) is 0.969. The van der Waals surface area contributed by atoms with Crippen LogP contribution in [0.1, 0.15) is 17.2 Å². The zero-order valence-electron chi connectivity index (χ0n) is 21.8. The number of ether oxygens (including phenoxy) is 4. The third kappa shape index (κ3) is 6.78. The fourth-order valence-corrected chi connectivity index (χ4v) is 6.08. The smallest absolute Gasteiger partial charge is 0.243 e. The molecule has 0 radical (unpaired) electrons. The summed E-state index contributed by atoms with van der Waals surface area (Å²) in [5.74, 6) is 1.62. The molecular formula is C28H33ClN2O6S. The van der Waals surface area contributed by atoms with Gasteiger partial charge in [0, 0.05) is 43.8 Å². The van der Waals surface area contributed by atoms with Crippen molar-refractivity contribution < 1.29 is 27.4 Å². The number of piperazine rings is 1. The molecular weight excluding hydrogens is 528 g/mol. The molecule has 1 heterocycles. The predicted octanol–water partition coefficient (Wildman–Crippen LogP) is 4.63. The minimum atomic E-state index is -3.67. The van der Waals surface area contributed by atoms with Gasteiger partial charge in [0.1, 0.15) is 5.75 Å². The number of rotatable bonds is 11. The van der Waals surface area contributed by atoms with Crippen LogP contribution in [-0.4, -0.2) is 71.7 Å². The summed E-state index contributed by atoms with van der Waals surface area (Å²) in [5, 5.41) is 0.663. The Morgan fingerprint density at radius 3 is 2.26 bits per heavy atom. The van der Waals surface area contributed by atoms with Crippen LogP contribution >= 0.6 is 11.6 Å². The lowest BCUT2D eigenvalue weighted by atomic mass is 10.1. The summed E-state index contributed by atoms with van der Waals surface area (Å²) in [5.41, 5.74) is 1.97. The molecule has 4 rings (SSSR count). The second-order valence-electron chi connectivity index (χ2n) is 8.93. The Kier molecular flexibility index (Phi) is 9.51. The minimum Gasteiger partial charge on any atom is -0.497 e. The highest BCUT2D eigenvalue weighted by molar-refractivity contribution is 7.89. The quantitative estimate of drug-likeness (QED) is 0.338. The molecule has 0 bridgehead atoms. The molecule has 10 heteroatoms. The SMILES string of the molecule is COc1cccc([C@@H](CN2CCN(S(=O)(=O)c3ccc(OC)c(OC)c3)CC2)OCc2cccc(Cl)c2)c1. The van der Waals surface area contributed by atoms with Crippen LogP contribution < -0.4 is 14.2 Å². The molecule has 8 nitrogen and oxygen atoms in total. The third-order valence-corrected chi connectivity index (χ3v) is 8.68. The van der Waals surface area contributed by atoms with Gasteiger partial charge in [-0.3, -0.25) is 4.90 Å². The number of sulfonamides is 1. The van der Waals surface area contributed by atoms with E-state index in [2.05, 4.69) is 4.90 Å². The second kappa shape index (κ2) is 12.8. The van der Waals surface area contributed by atoms with Crippen molar-refractivity contribution in [2.24, 2.45) is 0 Å². The molecule has 0 aliphatic carbocycles. The van der Waals surface area contributed by atoms with Crippen molar-refractivity contribution in [2.75, 3.05) is 54.1 Å². The molecule has 38 heavy (non-hydrogen) atoms. The van der Waals surface area contributed by atoms with Gasteiger partial charge in [0.15, 0.2) is 11.5 Å². The largest absolute Gasteiger partial charge is 0.497 e. The number of benzene rings is 3. The van der Waals surface area contributed by atoms with Gasteiger partial charge in [-0.1, -0.05) is 35.9 Å². The first kappa shape index (κ1) is 28.2. The van der Waals surface area contributed by atoms with Crippen LogP contribution in [0.2, 0.25) is 5.02 Å². The van der Waals surface area contributed by atoms with Gasteiger partial charge in [0.25, 0.3) is 0 Å². The Bertz CT molecular complexity index is 1330. The molecule has 1 fully saturated rings. The Balaban J connectivity index is 1.44. The average Bonchev–Trinajstić information content (AvgIpc) is 2.95. The van der Waals surface area contributed by atoms with E-state index in [1.165, 1.54) is 24.6 Å². The highest BCUT2D eigenvalue weighted by Gasteiger charge is 2.30. The van der Waals surface area contributed by atoms with E-state index in [4.69, 9.17) is 30.5 Å². The standard InChI is InChI=1S/C28H33ClN2O6S/c1-34-24-9-5-7-22(17-24)28(37-20-21-6-4-8-23(29)16-21)19-30-12-14-31(15-13-30)38(32,33)25-10-11-26(35-2)27(18-25)36-3/h4-11,16-18,28H,12-15,19-20H2,1-3H3/t28-/m1/s1. The van der Waals surface area contributed by atoms with Crippen molar-refractivity contribution in [3.05, 3.63) is 82.9 Å². The minimum absolute atomic E-state index is 0.183. The molecule has 1 aliphatic heterocycles. The van der Waals surface area contributed by atoms with E-state index in [1.54, 1.807) is 19.2 Å². The molecule has 0 aromatic heterocycles. The van der Waals surface area contributed by atoms with Crippen molar-refractivity contribution in [3.8, 4) is 17.2 Å².